The van der Waals surface area contributed by atoms with Gasteiger partial charge >= 0.3 is 11.9 Å². The summed E-state index contributed by atoms with van der Waals surface area (Å²) >= 11 is 0. The molecule has 0 saturated carbocycles. The molecule has 0 bridgehead atoms. The van der Waals surface area contributed by atoms with Crippen LogP contribution in [0.25, 0.3) is 0 Å². The lowest BCUT2D eigenvalue weighted by atomic mass is 9.70. The maximum Gasteiger partial charge on any atom is 0.317 e. The van der Waals surface area contributed by atoms with Crippen molar-refractivity contribution in [2.75, 3.05) is 13.2 Å². The summed E-state index contributed by atoms with van der Waals surface area (Å²) in [4.78, 5) is 36.2. The summed E-state index contributed by atoms with van der Waals surface area (Å²) in [6, 6.07) is 0. The molecule has 0 aliphatic heterocycles. The molecule has 0 fully saturated rings. The van der Waals surface area contributed by atoms with E-state index < -0.39 is 23.7 Å². The molecule has 1 aliphatic carbocycles. The summed E-state index contributed by atoms with van der Waals surface area (Å²) in [6.07, 6.45) is 1.90. The summed E-state index contributed by atoms with van der Waals surface area (Å²) in [6.45, 7) is 7.49. The molecule has 0 aromatic heterocycles. The van der Waals surface area contributed by atoms with Gasteiger partial charge in [-0.15, -0.1) is 0 Å². The monoisotopic (exact) mass is 282 g/mol. The van der Waals surface area contributed by atoms with Gasteiger partial charge in [0.2, 0.25) is 0 Å². The number of hydrogen-bond acceptors (Lipinski definition) is 5. The first kappa shape index (κ1) is 16.4. The summed E-state index contributed by atoms with van der Waals surface area (Å²) in [7, 11) is 0. The molecule has 0 radical (unpaired) electrons. The molecular weight excluding hydrogens is 260 g/mol. The quantitative estimate of drug-likeness (QED) is 0.569. The topological polar surface area (TPSA) is 69.7 Å². The Balaban J connectivity index is 3.12. The van der Waals surface area contributed by atoms with E-state index in [0.717, 1.165) is 0 Å². The normalized spacial score (nSPS) is 25.9. The van der Waals surface area contributed by atoms with Crippen molar-refractivity contribution in [3.05, 3.63) is 11.6 Å². The van der Waals surface area contributed by atoms with E-state index in [2.05, 4.69) is 0 Å². The number of allylic oxidation sites excluding steroid dienone is 1. The molecule has 0 saturated heterocycles. The van der Waals surface area contributed by atoms with Crippen LogP contribution >= 0.6 is 0 Å². The molecule has 20 heavy (non-hydrogen) atoms. The highest BCUT2D eigenvalue weighted by Crippen LogP contribution is 2.37. The van der Waals surface area contributed by atoms with Crippen molar-refractivity contribution in [2.45, 2.75) is 34.1 Å². The van der Waals surface area contributed by atoms with Crippen LogP contribution < -0.4 is 0 Å². The second kappa shape index (κ2) is 7.22. The molecule has 5 nitrogen and oxygen atoms in total. The Morgan fingerprint density at radius 3 is 2.00 bits per heavy atom. The van der Waals surface area contributed by atoms with E-state index in [1.165, 1.54) is 6.08 Å². The van der Waals surface area contributed by atoms with Crippen LogP contribution in [0.3, 0.4) is 0 Å². The number of carbonyl (C=O) groups excluding carboxylic acids is 3. The van der Waals surface area contributed by atoms with Crippen LogP contribution in [0.5, 0.6) is 0 Å². The minimum Gasteiger partial charge on any atom is -0.466 e. The number of hydrogen-bond donors (Lipinski definition) is 0. The standard InChI is InChI=1S/C15H22O5/c1-5-10-12(14(17)19-6-2)9(4)8-11(16)13(10)15(18)20-7-3/h8,10,12-13H,5-7H2,1-4H3/t10-,12+,13+/m1/s1. The summed E-state index contributed by atoms with van der Waals surface area (Å²) in [5.41, 5.74) is 0.654. The van der Waals surface area contributed by atoms with Crippen LogP contribution in [-0.4, -0.2) is 30.9 Å². The van der Waals surface area contributed by atoms with Gasteiger partial charge in [-0.1, -0.05) is 18.9 Å². The van der Waals surface area contributed by atoms with Gasteiger partial charge < -0.3 is 9.47 Å². The first-order chi connectivity index (χ1) is 9.47. The maximum atomic E-state index is 12.1. The maximum absolute atomic E-state index is 12.1. The lowest BCUT2D eigenvalue weighted by Crippen LogP contribution is -2.43. The van der Waals surface area contributed by atoms with Crippen molar-refractivity contribution < 1.29 is 23.9 Å². The molecule has 0 spiro atoms. The van der Waals surface area contributed by atoms with Gasteiger partial charge in [-0.2, -0.15) is 0 Å². The van der Waals surface area contributed by atoms with Crippen molar-refractivity contribution in [3.8, 4) is 0 Å². The molecule has 1 aliphatic rings. The predicted octanol–water partition coefficient (Wildman–Crippen LogP) is 1.90. The van der Waals surface area contributed by atoms with E-state index in [4.69, 9.17) is 9.47 Å². The van der Waals surface area contributed by atoms with Crippen LogP contribution in [0.1, 0.15) is 34.1 Å². The number of esters is 2. The Bertz CT molecular complexity index is 424. The Labute approximate surface area is 119 Å². The molecule has 0 heterocycles. The van der Waals surface area contributed by atoms with Gasteiger partial charge in [0.1, 0.15) is 5.92 Å². The molecule has 1 rings (SSSR count). The second-order valence-electron chi connectivity index (χ2n) is 4.82. The Morgan fingerprint density at radius 2 is 1.55 bits per heavy atom. The predicted molar refractivity (Wildman–Crippen MR) is 72.8 cm³/mol. The second-order valence-corrected chi connectivity index (χ2v) is 4.82. The van der Waals surface area contributed by atoms with Crippen LogP contribution in [0.2, 0.25) is 0 Å². The van der Waals surface area contributed by atoms with Crippen LogP contribution in [0.15, 0.2) is 11.6 Å². The van der Waals surface area contributed by atoms with Gasteiger partial charge in [0.15, 0.2) is 5.78 Å². The van der Waals surface area contributed by atoms with E-state index in [-0.39, 0.29) is 25.0 Å². The number of ether oxygens (including phenoxy) is 2. The fraction of sp³-hybridized carbons (Fsp3) is 0.667. The molecule has 0 amide bonds. The number of carbonyl (C=O) groups is 3. The highest BCUT2D eigenvalue weighted by Gasteiger charge is 2.45. The summed E-state index contributed by atoms with van der Waals surface area (Å²) in [5, 5.41) is 0. The van der Waals surface area contributed by atoms with Crippen molar-refractivity contribution >= 4 is 17.7 Å². The van der Waals surface area contributed by atoms with E-state index in [9.17, 15) is 14.4 Å². The Morgan fingerprint density at radius 1 is 1.05 bits per heavy atom. The largest absolute Gasteiger partial charge is 0.466 e. The molecular formula is C15H22O5. The van der Waals surface area contributed by atoms with Crippen molar-refractivity contribution in [3.63, 3.8) is 0 Å². The van der Waals surface area contributed by atoms with E-state index in [1.54, 1.807) is 20.8 Å². The van der Waals surface area contributed by atoms with Gasteiger partial charge in [-0.25, -0.2) is 0 Å². The van der Waals surface area contributed by atoms with Crippen molar-refractivity contribution in [1.29, 1.82) is 0 Å². The van der Waals surface area contributed by atoms with Crippen LogP contribution in [0, 0.1) is 17.8 Å². The number of ketones is 1. The van der Waals surface area contributed by atoms with Crippen molar-refractivity contribution in [2.24, 2.45) is 17.8 Å². The van der Waals surface area contributed by atoms with E-state index in [1.807, 2.05) is 6.92 Å². The average Bonchev–Trinajstić information content (AvgIpc) is 2.37. The molecule has 5 heteroatoms. The number of rotatable bonds is 5. The Kier molecular flexibility index (Phi) is 5.92. The molecule has 0 aromatic rings. The zero-order chi connectivity index (χ0) is 15.3. The lowest BCUT2D eigenvalue weighted by Gasteiger charge is -2.33. The first-order valence-corrected chi connectivity index (χ1v) is 7.03. The smallest absolute Gasteiger partial charge is 0.317 e. The van der Waals surface area contributed by atoms with E-state index in [0.29, 0.717) is 12.0 Å². The van der Waals surface area contributed by atoms with Gasteiger partial charge in [0.05, 0.1) is 19.1 Å². The van der Waals surface area contributed by atoms with Gasteiger partial charge in [-0.3, -0.25) is 14.4 Å². The molecule has 0 N–H and O–H groups in total. The third-order valence-corrected chi connectivity index (χ3v) is 3.58. The Hall–Kier alpha value is -1.65. The van der Waals surface area contributed by atoms with Gasteiger partial charge in [0, 0.05) is 0 Å². The zero-order valence-corrected chi connectivity index (χ0v) is 12.5. The third kappa shape index (κ3) is 3.26. The highest BCUT2D eigenvalue weighted by atomic mass is 16.5. The molecule has 3 atom stereocenters. The molecule has 0 unspecified atom stereocenters. The zero-order valence-electron chi connectivity index (χ0n) is 12.5. The summed E-state index contributed by atoms with van der Waals surface area (Å²) < 4.78 is 10.0. The summed E-state index contributed by atoms with van der Waals surface area (Å²) in [5.74, 6) is -3.07. The van der Waals surface area contributed by atoms with Crippen molar-refractivity contribution in [1.82, 2.24) is 0 Å². The van der Waals surface area contributed by atoms with E-state index >= 15 is 0 Å². The molecule has 112 valence electrons. The van der Waals surface area contributed by atoms with Gasteiger partial charge in [-0.05, 0) is 32.8 Å². The third-order valence-electron chi connectivity index (χ3n) is 3.58. The minimum atomic E-state index is -0.905. The fourth-order valence-electron chi connectivity index (χ4n) is 2.73. The van der Waals surface area contributed by atoms with Gasteiger partial charge in [0.25, 0.3) is 0 Å². The lowest BCUT2D eigenvalue weighted by molar-refractivity contribution is -0.157. The highest BCUT2D eigenvalue weighted by molar-refractivity contribution is 6.07. The van der Waals surface area contributed by atoms with Crippen LogP contribution in [-0.2, 0) is 23.9 Å². The average molecular weight is 282 g/mol. The molecule has 0 aromatic carbocycles. The fourth-order valence-corrected chi connectivity index (χ4v) is 2.73. The van der Waals surface area contributed by atoms with Crippen LogP contribution in [0.4, 0.5) is 0 Å². The minimum absolute atomic E-state index is 0.214. The first-order valence-electron chi connectivity index (χ1n) is 7.03. The SMILES string of the molecule is CCOC(=O)[C@@H]1C(=O)C=C(C)[C@H](C(=O)OCC)[C@H]1CC.